The number of carbonyl (C=O) groups excluding carboxylic acids is 2. The van der Waals surface area contributed by atoms with E-state index in [-0.39, 0.29) is 18.4 Å². The Labute approximate surface area is 187 Å². The van der Waals surface area contributed by atoms with Crippen molar-refractivity contribution in [2.24, 2.45) is 0 Å². The number of carbonyl (C=O) groups is 2. The predicted molar refractivity (Wildman–Crippen MR) is 125 cm³/mol. The van der Waals surface area contributed by atoms with Gasteiger partial charge in [0.05, 0.1) is 17.6 Å². The molecule has 1 aromatic carbocycles. The van der Waals surface area contributed by atoms with Crippen LogP contribution in [0.4, 0.5) is 0 Å². The minimum absolute atomic E-state index is 0.0110. The van der Waals surface area contributed by atoms with Gasteiger partial charge in [-0.1, -0.05) is 19.9 Å². The second-order valence-electron chi connectivity index (χ2n) is 8.10. The highest BCUT2D eigenvalue weighted by atomic mass is 32.1. The zero-order chi connectivity index (χ0) is 21.8. The molecule has 2 amide bonds. The Kier molecular flexibility index (Phi) is 6.70. The molecule has 0 unspecified atom stereocenters. The minimum atomic E-state index is -0.230. The van der Waals surface area contributed by atoms with Crippen LogP contribution in [0.1, 0.15) is 66.6 Å². The number of likely N-dealkylation sites (tertiary alicyclic amines) is 1. The molecule has 0 atom stereocenters. The molecular formula is C24H30N4O2S. The van der Waals surface area contributed by atoms with E-state index in [2.05, 4.69) is 41.2 Å². The average Bonchev–Trinajstić information content (AvgIpc) is 3.54. The Morgan fingerprint density at radius 2 is 1.94 bits per heavy atom. The molecule has 1 saturated heterocycles. The Hall–Kier alpha value is -2.67. The first kappa shape index (κ1) is 21.6. The molecule has 0 saturated carbocycles. The van der Waals surface area contributed by atoms with Crippen LogP contribution < -0.4 is 5.32 Å². The summed E-state index contributed by atoms with van der Waals surface area (Å²) in [4.78, 5) is 32.9. The fourth-order valence-electron chi connectivity index (χ4n) is 4.38. The number of aromatic nitrogens is 2. The average molecular weight is 439 g/mol. The van der Waals surface area contributed by atoms with E-state index >= 15 is 0 Å². The SMILES string of the molecule is CCC(CC)n1c(Cc2cccs2)nc2cc(C(=O)NCC(=O)N3CCCC3)ccc21. The van der Waals surface area contributed by atoms with Gasteiger partial charge < -0.3 is 14.8 Å². The van der Waals surface area contributed by atoms with Gasteiger partial charge in [-0.3, -0.25) is 9.59 Å². The number of benzene rings is 1. The summed E-state index contributed by atoms with van der Waals surface area (Å²) >= 11 is 1.74. The van der Waals surface area contributed by atoms with Crippen molar-refractivity contribution >= 4 is 34.2 Å². The number of rotatable bonds is 8. The van der Waals surface area contributed by atoms with Gasteiger partial charge in [0.25, 0.3) is 5.91 Å². The van der Waals surface area contributed by atoms with Gasteiger partial charge >= 0.3 is 0 Å². The number of nitrogens with zero attached hydrogens (tertiary/aromatic N) is 3. The molecule has 3 heterocycles. The summed E-state index contributed by atoms with van der Waals surface area (Å²) in [5, 5.41) is 4.87. The predicted octanol–water partition coefficient (Wildman–Crippen LogP) is 4.40. The van der Waals surface area contributed by atoms with Crippen molar-refractivity contribution in [1.29, 1.82) is 0 Å². The molecule has 7 heteroatoms. The monoisotopic (exact) mass is 438 g/mol. The van der Waals surface area contributed by atoms with Crippen LogP contribution in [0, 0.1) is 0 Å². The first-order valence-corrected chi connectivity index (χ1v) is 12.1. The van der Waals surface area contributed by atoms with Crippen molar-refractivity contribution in [3.8, 4) is 0 Å². The van der Waals surface area contributed by atoms with Crippen LogP contribution in [-0.2, 0) is 11.2 Å². The number of imidazole rings is 1. The van der Waals surface area contributed by atoms with Gasteiger partial charge in [0.15, 0.2) is 0 Å². The Balaban J connectivity index is 1.57. The van der Waals surface area contributed by atoms with E-state index in [1.54, 1.807) is 11.3 Å². The highest BCUT2D eigenvalue weighted by Crippen LogP contribution is 2.28. The molecule has 1 fully saturated rings. The third kappa shape index (κ3) is 4.66. The maximum absolute atomic E-state index is 12.7. The first-order chi connectivity index (χ1) is 15.1. The zero-order valence-corrected chi connectivity index (χ0v) is 19.1. The Morgan fingerprint density at radius 3 is 2.61 bits per heavy atom. The molecule has 0 spiro atoms. The summed E-state index contributed by atoms with van der Waals surface area (Å²) < 4.78 is 2.34. The first-order valence-electron chi connectivity index (χ1n) is 11.2. The van der Waals surface area contributed by atoms with E-state index in [1.807, 2.05) is 23.1 Å². The van der Waals surface area contributed by atoms with Gasteiger partial charge in [0, 0.05) is 36.0 Å². The quantitative estimate of drug-likeness (QED) is 0.567. The minimum Gasteiger partial charge on any atom is -0.343 e. The highest BCUT2D eigenvalue weighted by Gasteiger charge is 2.21. The van der Waals surface area contributed by atoms with Crippen molar-refractivity contribution in [3.05, 3.63) is 52.0 Å². The lowest BCUT2D eigenvalue weighted by molar-refractivity contribution is -0.129. The molecule has 0 aliphatic carbocycles. The van der Waals surface area contributed by atoms with Gasteiger partial charge in [-0.25, -0.2) is 4.98 Å². The normalized spacial score (nSPS) is 14.0. The van der Waals surface area contributed by atoms with Crippen LogP contribution >= 0.6 is 11.3 Å². The number of nitrogens with one attached hydrogen (secondary N) is 1. The van der Waals surface area contributed by atoms with Gasteiger partial charge in [0.1, 0.15) is 5.82 Å². The lowest BCUT2D eigenvalue weighted by Gasteiger charge is -2.19. The Bertz CT molecular complexity index is 1050. The van der Waals surface area contributed by atoms with Crippen LogP contribution in [0.5, 0.6) is 0 Å². The molecule has 1 aliphatic rings. The van der Waals surface area contributed by atoms with Crippen molar-refractivity contribution in [1.82, 2.24) is 19.8 Å². The lowest BCUT2D eigenvalue weighted by atomic mass is 10.1. The zero-order valence-electron chi connectivity index (χ0n) is 18.3. The summed E-state index contributed by atoms with van der Waals surface area (Å²) in [5.41, 5.74) is 2.43. The standard InChI is InChI=1S/C24H30N4O2S/c1-3-18(4-2)28-21-10-9-17(24(30)25-16-23(29)27-11-5-6-12-27)14-20(21)26-22(28)15-19-8-7-13-31-19/h7-10,13-14,18H,3-6,11-12,15-16H2,1-2H3,(H,25,30). The third-order valence-corrected chi connectivity index (χ3v) is 6.98. The number of hydrogen-bond acceptors (Lipinski definition) is 4. The van der Waals surface area contributed by atoms with E-state index in [4.69, 9.17) is 4.98 Å². The summed E-state index contributed by atoms with van der Waals surface area (Å²) in [5.74, 6) is 0.794. The number of fused-ring (bicyclic) bond motifs is 1. The van der Waals surface area contributed by atoms with Crippen LogP contribution in [0.2, 0.25) is 0 Å². The third-order valence-electron chi connectivity index (χ3n) is 6.10. The van der Waals surface area contributed by atoms with Crippen LogP contribution in [0.25, 0.3) is 11.0 Å². The van der Waals surface area contributed by atoms with E-state index < -0.39 is 0 Å². The van der Waals surface area contributed by atoms with Crippen molar-refractivity contribution in [2.75, 3.05) is 19.6 Å². The van der Waals surface area contributed by atoms with Crippen LogP contribution in [0.3, 0.4) is 0 Å². The second kappa shape index (κ2) is 9.64. The maximum atomic E-state index is 12.7. The van der Waals surface area contributed by atoms with Crippen molar-refractivity contribution in [2.45, 2.75) is 52.0 Å². The molecule has 31 heavy (non-hydrogen) atoms. The summed E-state index contributed by atoms with van der Waals surface area (Å²) in [6, 6.07) is 10.3. The smallest absolute Gasteiger partial charge is 0.251 e. The second-order valence-corrected chi connectivity index (χ2v) is 9.13. The van der Waals surface area contributed by atoms with E-state index in [9.17, 15) is 9.59 Å². The fourth-order valence-corrected chi connectivity index (χ4v) is 5.08. The maximum Gasteiger partial charge on any atom is 0.251 e. The van der Waals surface area contributed by atoms with E-state index in [0.717, 1.165) is 62.1 Å². The summed E-state index contributed by atoms with van der Waals surface area (Å²) in [6.07, 6.45) is 4.93. The van der Waals surface area contributed by atoms with Crippen molar-refractivity contribution in [3.63, 3.8) is 0 Å². The van der Waals surface area contributed by atoms with Crippen molar-refractivity contribution < 1.29 is 9.59 Å². The highest BCUT2D eigenvalue weighted by molar-refractivity contribution is 7.09. The lowest BCUT2D eigenvalue weighted by Crippen LogP contribution is -2.38. The number of thiophene rings is 1. The van der Waals surface area contributed by atoms with E-state index in [1.165, 1.54) is 4.88 Å². The van der Waals surface area contributed by atoms with Crippen LogP contribution in [-0.4, -0.2) is 45.9 Å². The van der Waals surface area contributed by atoms with E-state index in [0.29, 0.717) is 11.6 Å². The van der Waals surface area contributed by atoms with Gasteiger partial charge in [-0.2, -0.15) is 0 Å². The summed E-state index contributed by atoms with van der Waals surface area (Å²) in [6.45, 7) is 6.03. The number of amides is 2. The summed E-state index contributed by atoms with van der Waals surface area (Å²) in [7, 11) is 0. The largest absolute Gasteiger partial charge is 0.343 e. The molecule has 164 valence electrons. The molecule has 0 radical (unpaired) electrons. The molecule has 1 aliphatic heterocycles. The molecule has 6 nitrogen and oxygen atoms in total. The molecule has 0 bridgehead atoms. The molecule has 2 aromatic heterocycles. The topological polar surface area (TPSA) is 67.2 Å². The van der Waals surface area contributed by atoms with Crippen LogP contribution in [0.15, 0.2) is 35.7 Å². The molecule has 4 rings (SSSR count). The molecular weight excluding hydrogens is 408 g/mol. The molecule has 1 N–H and O–H groups in total. The molecule has 3 aromatic rings. The number of hydrogen-bond donors (Lipinski definition) is 1. The van der Waals surface area contributed by atoms with Gasteiger partial charge in [-0.05, 0) is 55.3 Å². The van der Waals surface area contributed by atoms with Gasteiger partial charge in [-0.15, -0.1) is 11.3 Å². The Morgan fingerprint density at radius 1 is 1.16 bits per heavy atom. The van der Waals surface area contributed by atoms with Gasteiger partial charge in [0.2, 0.25) is 5.91 Å². The fraction of sp³-hybridized carbons (Fsp3) is 0.458.